The number of esters is 5. The van der Waals surface area contributed by atoms with E-state index in [1.807, 2.05) is 6.92 Å². The molecule has 234 valence electrons. The summed E-state index contributed by atoms with van der Waals surface area (Å²) in [6.45, 7) is 12.2. The zero-order valence-corrected chi connectivity index (χ0v) is 25.5. The average Bonchev–Trinajstić information content (AvgIpc) is 3.45. The van der Waals surface area contributed by atoms with Gasteiger partial charge in [0.1, 0.15) is 24.4 Å². The van der Waals surface area contributed by atoms with Gasteiger partial charge >= 0.3 is 29.8 Å². The fourth-order valence-corrected chi connectivity index (χ4v) is 7.54. The third-order valence-corrected chi connectivity index (χ3v) is 9.45. The molecule has 12 heteroatoms. The molecule has 12 nitrogen and oxygen atoms in total. The summed E-state index contributed by atoms with van der Waals surface area (Å²) in [4.78, 5) is 63.9. The maximum Gasteiger partial charge on any atom is 0.342 e. The number of hydrogen-bond acceptors (Lipinski definition) is 12. The molecule has 0 aromatic heterocycles. The van der Waals surface area contributed by atoms with Crippen LogP contribution in [0.15, 0.2) is 11.6 Å². The topological polar surface area (TPSA) is 164 Å². The lowest BCUT2D eigenvalue weighted by molar-refractivity contribution is -0.245. The van der Waals surface area contributed by atoms with E-state index in [9.17, 15) is 29.1 Å². The number of aliphatic hydroxyl groups excluding tert-OH is 1. The first-order valence-electron chi connectivity index (χ1n) is 14.5. The number of ether oxygens (including phenoxy) is 6. The number of aliphatic hydroxyl groups is 1. The largest absolute Gasteiger partial charge is 0.462 e. The van der Waals surface area contributed by atoms with Gasteiger partial charge in [-0.15, -0.1) is 0 Å². The fourth-order valence-electron chi connectivity index (χ4n) is 7.54. The Morgan fingerprint density at radius 3 is 2.14 bits per heavy atom. The summed E-state index contributed by atoms with van der Waals surface area (Å²) in [5, 5.41) is 11.3. The van der Waals surface area contributed by atoms with Crippen LogP contribution in [0.3, 0.4) is 0 Å². The molecule has 0 unspecified atom stereocenters. The zero-order valence-electron chi connectivity index (χ0n) is 25.5. The molecule has 42 heavy (non-hydrogen) atoms. The highest BCUT2D eigenvalue weighted by molar-refractivity contribution is 5.89. The second kappa shape index (κ2) is 11.3. The standard InChI is InChI=1S/C30H42O12/c1-9-10-23(35)40-20-11-14(2)12-22-30(29(8,42-30)27(36)41-22)26(39-18(6)33)24-15(3)19(34)13-21(37-16(4)31)28(24,7)25(20)38-17(5)32/h12,15,19-22,24-26,34H,9-11,13H2,1-8H3/b14-12-/t15-,19-,20-,21-,22-,24+,25+,26+,28-,29-,30-/m0/s1. The Bertz CT molecular complexity index is 1180. The van der Waals surface area contributed by atoms with Gasteiger partial charge in [-0.05, 0) is 32.3 Å². The van der Waals surface area contributed by atoms with E-state index >= 15 is 0 Å². The highest BCUT2D eigenvalue weighted by atomic mass is 16.7. The molecule has 1 spiro atoms. The van der Waals surface area contributed by atoms with Gasteiger partial charge in [0.15, 0.2) is 17.3 Å². The van der Waals surface area contributed by atoms with Crippen LogP contribution in [0, 0.1) is 17.3 Å². The van der Waals surface area contributed by atoms with Crippen LogP contribution in [0.5, 0.6) is 0 Å². The molecule has 4 aliphatic rings. The Balaban J connectivity index is 2.04. The number of hydrogen-bond donors (Lipinski definition) is 1. The molecule has 0 aromatic rings. The van der Waals surface area contributed by atoms with Crippen LogP contribution in [0.1, 0.15) is 81.1 Å². The lowest BCUT2D eigenvalue weighted by atomic mass is 9.53. The summed E-state index contributed by atoms with van der Waals surface area (Å²) in [6.07, 6.45) is -4.30. The number of epoxide rings is 1. The minimum absolute atomic E-state index is 0.0350. The van der Waals surface area contributed by atoms with Crippen molar-refractivity contribution >= 4 is 29.8 Å². The SMILES string of the molecule is CCCC(=O)O[C@H]1C/C(C)=C\[C@@H]2OC(=O)[C@]3(C)O[C@]23[C@H](OC(C)=O)[C@H]2[C@@H](C)[C@@H](O)C[C@H](OC(C)=O)[C@]2(C)[C@@H]1OC(C)=O. The summed E-state index contributed by atoms with van der Waals surface area (Å²) in [5.41, 5.74) is -3.75. The summed E-state index contributed by atoms with van der Waals surface area (Å²) in [6, 6.07) is 0. The van der Waals surface area contributed by atoms with Gasteiger partial charge in [0.25, 0.3) is 0 Å². The minimum Gasteiger partial charge on any atom is -0.462 e. The van der Waals surface area contributed by atoms with Gasteiger partial charge in [0.2, 0.25) is 0 Å². The van der Waals surface area contributed by atoms with Gasteiger partial charge < -0.3 is 33.5 Å². The van der Waals surface area contributed by atoms with E-state index in [1.165, 1.54) is 20.8 Å². The Morgan fingerprint density at radius 2 is 1.60 bits per heavy atom. The molecule has 1 N–H and O–H groups in total. The predicted molar refractivity (Wildman–Crippen MR) is 143 cm³/mol. The molecule has 2 aliphatic heterocycles. The maximum absolute atomic E-state index is 13.1. The molecule has 11 atom stereocenters. The van der Waals surface area contributed by atoms with E-state index in [1.54, 1.807) is 33.8 Å². The second-order valence-corrected chi connectivity index (χ2v) is 12.5. The molecule has 0 radical (unpaired) electrons. The highest BCUT2D eigenvalue weighted by Crippen LogP contribution is 2.65. The van der Waals surface area contributed by atoms with E-state index in [0.717, 1.165) is 0 Å². The summed E-state index contributed by atoms with van der Waals surface area (Å²) in [7, 11) is 0. The second-order valence-electron chi connectivity index (χ2n) is 12.5. The van der Waals surface area contributed by atoms with Crippen molar-refractivity contribution in [1.82, 2.24) is 0 Å². The lowest BCUT2D eigenvalue weighted by Crippen LogP contribution is -2.68. The first kappa shape index (κ1) is 31.9. The Labute approximate surface area is 245 Å². The van der Waals surface area contributed by atoms with Gasteiger partial charge in [-0.1, -0.05) is 26.3 Å². The third-order valence-electron chi connectivity index (χ3n) is 9.45. The van der Waals surface area contributed by atoms with Crippen molar-refractivity contribution in [2.75, 3.05) is 0 Å². The number of carbonyl (C=O) groups is 5. The van der Waals surface area contributed by atoms with Crippen molar-refractivity contribution in [3.05, 3.63) is 11.6 Å². The summed E-state index contributed by atoms with van der Waals surface area (Å²) < 4.78 is 35.8. The maximum atomic E-state index is 13.1. The number of carbonyl (C=O) groups excluding carboxylic acids is 5. The van der Waals surface area contributed by atoms with Gasteiger partial charge in [-0.3, -0.25) is 19.2 Å². The smallest absolute Gasteiger partial charge is 0.342 e. The zero-order chi connectivity index (χ0) is 31.4. The van der Waals surface area contributed by atoms with Crippen LogP contribution in [0.25, 0.3) is 0 Å². The van der Waals surface area contributed by atoms with Crippen molar-refractivity contribution in [3.63, 3.8) is 0 Å². The van der Waals surface area contributed by atoms with E-state index in [2.05, 4.69) is 0 Å². The van der Waals surface area contributed by atoms with Gasteiger partial charge in [0, 0.05) is 46.0 Å². The molecule has 2 saturated heterocycles. The highest BCUT2D eigenvalue weighted by Gasteiger charge is 2.87. The van der Waals surface area contributed by atoms with E-state index < -0.39 is 94.9 Å². The molecular formula is C30H42O12. The van der Waals surface area contributed by atoms with Gasteiger partial charge in [-0.25, -0.2) is 4.79 Å². The van der Waals surface area contributed by atoms with Crippen LogP contribution in [-0.2, 0) is 52.4 Å². The molecule has 2 aliphatic carbocycles. The van der Waals surface area contributed by atoms with Crippen molar-refractivity contribution in [2.45, 2.75) is 129 Å². The monoisotopic (exact) mass is 594 g/mol. The molecule has 1 saturated carbocycles. The van der Waals surface area contributed by atoms with Crippen LogP contribution in [-0.4, -0.2) is 82.8 Å². The molecule has 0 aromatic carbocycles. The van der Waals surface area contributed by atoms with Crippen molar-refractivity contribution in [2.24, 2.45) is 17.3 Å². The van der Waals surface area contributed by atoms with Crippen molar-refractivity contribution < 1.29 is 57.5 Å². The van der Waals surface area contributed by atoms with Crippen LogP contribution < -0.4 is 0 Å². The summed E-state index contributed by atoms with van der Waals surface area (Å²) in [5.74, 6) is -4.78. The predicted octanol–water partition coefficient (Wildman–Crippen LogP) is 2.32. The lowest BCUT2D eigenvalue weighted by Gasteiger charge is -2.57. The van der Waals surface area contributed by atoms with Crippen LogP contribution in [0.2, 0.25) is 0 Å². The molecule has 3 fully saturated rings. The molecule has 0 amide bonds. The third kappa shape index (κ3) is 5.10. The number of rotatable bonds is 6. The normalized spacial score (nSPS) is 43.6. The number of fused-ring (bicyclic) bond motifs is 1. The van der Waals surface area contributed by atoms with Crippen LogP contribution >= 0.6 is 0 Å². The molecule has 0 bridgehead atoms. The van der Waals surface area contributed by atoms with E-state index in [-0.39, 0.29) is 19.3 Å². The molecule has 2 heterocycles. The Morgan fingerprint density at radius 1 is 1.00 bits per heavy atom. The first-order valence-corrected chi connectivity index (χ1v) is 14.5. The Hall–Kier alpha value is -2.99. The average molecular weight is 595 g/mol. The van der Waals surface area contributed by atoms with E-state index in [4.69, 9.17) is 28.4 Å². The van der Waals surface area contributed by atoms with Gasteiger partial charge in [-0.2, -0.15) is 0 Å². The van der Waals surface area contributed by atoms with E-state index in [0.29, 0.717) is 12.0 Å². The van der Waals surface area contributed by atoms with Crippen molar-refractivity contribution in [1.29, 1.82) is 0 Å². The fraction of sp³-hybridized carbons (Fsp3) is 0.767. The Kier molecular flexibility index (Phi) is 8.56. The molecular weight excluding hydrogens is 552 g/mol. The van der Waals surface area contributed by atoms with Gasteiger partial charge in [0.05, 0.1) is 11.5 Å². The first-order chi connectivity index (χ1) is 19.5. The summed E-state index contributed by atoms with van der Waals surface area (Å²) >= 11 is 0. The molecule has 4 rings (SSSR count). The van der Waals surface area contributed by atoms with Crippen molar-refractivity contribution in [3.8, 4) is 0 Å². The van der Waals surface area contributed by atoms with Crippen LogP contribution in [0.4, 0.5) is 0 Å². The minimum atomic E-state index is -1.48. The quantitative estimate of drug-likeness (QED) is 0.207.